The molecule has 2 aromatic carbocycles. The molecule has 21 heavy (non-hydrogen) atoms. The summed E-state index contributed by atoms with van der Waals surface area (Å²) in [5, 5.41) is 19.0. The first kappa shape index (κ1) is 14.7. The van der Waals surface area contributed by atoms with Crippen LogP contribution in [0.4, 0.5) is 5.69 Å². The molecule has 0 amide bonds. The molecule has 0 atom stereocenters. The molecule has 2 rings (SSSR count). The number of allylic oxidation sites excluding steroid dienone is 1. The minimum Gasteiger partial charge on any atom is -0.508 e. The Labute approximate surface area is 123 Å². The van der Waals surface area contributed by atoms with Gasteiger partial charge in [-0.05, 0) is 54.6 Å². The minimum atomic E-state index is -0.164. The largest absolute Gasteiger partial charge is 0.508 e. The lowest BCUT2D eigenvalue weighted by Crippen LogP contribution is -2.08. The molecule has 0 spiro atoms. The van der Waals surface area contributed by atoms with Crippen molar-refractivity contribution < 1.29 is 15.0 Å². The lowest BCUT2D eigenvalue weighted by molar-refractivity contribution is 0.104. The predicted octanol–water partition coefficient (Wildman–Crippen LogP) is 3.06. The zero-order valence-electron chi connectivity index (χ0n) is 11.9. The first-order valence-corrected chi connectivity index (χ1v) is 6.49. The van der Waals surface area contributed by atoms with Crippen molar-refractivity contribution in [2.24, 2.45) is 0 Å². The van der Waals surface area contributed by atoms with Gasteiger partial charge in [0, 0.05) is 30.9 Å². The van der Waals surface area contributed by atoms with Crippen molar-refractivity contribution in [3.05, 3.63) is 59.7 Å². The molecule has 0 aliphatic carbocycles. The maximum absolute atomic E-state index is 12.1. The molecule has 0 aromatic heterocycles. The van der Waals surface area contributed by atoms with Gasteiger partial charge in [-0.2, -0.15) is 0 Å². The number of benzene rings is 2. The highest BCUT2D eigenvalue weighted by molar-refractivity contribution is 6.07. The minimum absolute atomic E-state index is 0.0137. The highest BCUT2D eigenvalue weighted by Gasteiger charge is 2.04. The molecule has 0 bridgehead atoms. The summed E-state index contributed by atoms with van der Waals surface area (Å²) in [4.78, 5) is 14.0. The average Bonchev–Trinajstić information content (AvgIpc) is 2.48. The van der Waals surface area contributed by atoms with Gasteiger partial charge >= 0.3 is 0 Å². The Kier molecular flexibility index (Phi) is 4.28. The SMILES string of the molecule is CN(C)c1ccc(C(=O)/C=C/c2cc(O)ccc2O)cc1. The number of hydrogen-bond donors (Lipinski definition) is 2. The third-order valence-corrected chi connectivity index (χ3v) is 3.09. The molecule has 4 nitrogen and oxygen atoms in total. The Morgan fingerprint density at radius 2 is 1.71 bits per heavy atom. The normalized spacial score (nSPS) is 10.8. The molecule has 108 valence electrons. The summed E-state index contributed by atoms with van der Waals surface area (Å²) >= 11 is 0. The van der Waals surface area contributed by atoms with E-state index < -0.39 is 0 Å². The van der Waals surface area contributed by atoms with Gasteiger partial charge in [-0.15, -0.1) is 0 Å². The van der Waals surface area contributed by atoms with Crippen LogP contribution in [0.1, 0.15) is 15.9 Å². The van der Waals surface area contributed by atoms with Crippen molar-refractivity contribution in [2.75, 3.05) is 19.0 Å². The van der Waals surface area contributed by atoms with Gasteiger partial charge < -0.3 is 15.1 Å². The smallest absolute Gasteiger partial charge is 0.185 e. The van der Waals surface area contributed by atoms with E-state index in [1.807, 2.05) is 31.1 Å². The highest BCUT2D eigenvalue weighted by atomic mass is 16.3. The van der Waals surface area contributed by atoms with E-state index in [4.69, 9.17) is 0 Å². The number of ketones is 1. The monoisotopic (exact) mass is 283 g/mol. The van der Waals surface area contributed by atoms with Crippen LogP contribution in [0, 0.1) is 0 Å². The van der Waals surface area contributed by atoms with Crippen molar-refractivity contribution in [1.29, 1.82) is 0 Å². The summed E-state index contributed by atoms with van der Waals surface area (Å²) in [7, 11) is 3.86. The van der Waals surface area contributed by atoms with Crippen LogP contribution in [0.25, 0.3) is 6.08 Å². The van der Waals surface area contributed by atoms with E-state index in [0.29, 0.717) is 11.1 Å². The van der Waals surface area contributed by atoms with E-state index in [1.165, 1.54) is 30.4 Å². The van der Waals surface area contributed by atoms with Crippen molar-refractivity contribution in [2.45, 2.75) is 0 Å². The summed E-state index contributed by atoms with van der Waals surface area (Å²) in [5.41, 5.74) is 1.98. The van der Waals surface area contributed by atoms with Crippen molar-refractivity contribution in [3.8, 4) is 11.5 Å². The molecule has 0 fully saturated rings. The molecule has 0 saturated heterocycles. The number of anilines is 1. The Morgan fingerprint density at radius 3 is 2.33 bits per heavy atom. The van der Waals surface area contributed by atoms with E-state index in [2.05, 4.69) is 0 Å². The summed E-state index contributed by atoms with van der Waals surface area (Å²) in [5.74, 6) is -0.113. The summed E-state index contributed by atoms with van der Waals surface area (Å²) in [6.07, 6.45) is 2.86. The van der Waals surface area contributed by atoms with Crippen LogP contribution in [-0.2, 0) is 0 Å². The van der Waals surface area contributed by atoms with Gasteiger partial charge in [-0.3, -0.25) is 4.79 Å². The maximum atomic E-state index is 12.1. The zero-order valence-corrected chi connectivity index (χ0v) is 11.9. The number of carbonyl (C=O) groups excluding carboxylic acids is 1. The lowest BCUT2D eigenvalue weighted by Gasteiger charge is -2.11. The molecular formula is C17H17NO3. The fourth-order valence-electron chi connectivity index (χ4n) is 1.86. The van der Waals surface area contributed by atoms with E-state index in [-0.39, 0.29) is 17.3 Å². The number of phenolic OH excluding ortho intramolecular Hbond substituents is 2. The number of aromatic hydroxyl groups is 2. The van der Waals surface area contributed by atoms with E-state index in [9.17, 15) is 15.0 Å². The highest BCUT2D eigenvalue weighted by Crippen LogP contribution is 2.23. The van der Waals surface area contributed by atoms with Gasteiger partial charge in [0.2, 0.25) is 0 Å². The van der Waals surface area contributed by atoms with E-state index in [0.717, 1.165) is 5.69 Å². The second kappa shape index (κ2) is 6.13. The van der Waals surface area contributed by atoms with Crippen LogP contribution in [-0.4, -0.2) is 30.1 Å². The molecule has 0 radical (unpaired) electrons. The number of rotatable bonds is 4. The molecule has 2 N–H and O–H groups in total. The van der Waals surface area contributed by atoms with E-state index >= 15 is 0 Å². The number of hydrogen-bond acceptors (Lipinski definition) is 4. The summed E-state index contributed by atoms with van der Waals surface area (Å²) in [6, 6.07) is 11.4. The van der Waals surface area contributed by atoms with Crippen molar-refractivity contribution in [1.82, 2.24) is 0 Å². The second-order valence-electron chi connectivity index (χ2n) is 4.88. The van der Waals surface area contributed by atoms with Crippen molar-refractivity contribution in [3.63, 3.8) is 0 Å². The average molecular weight is 283 g/mol. The van der Waals surface area contributed by atoms with Crippen LogP contribution in [0.2, 0.25) is 0 Å². The van der Waals surface area contributed by atoms with Gasteiger partial charge in [0.15, 0.2) is 5.78 Å². The molecule has 0 unspecified atom stereocenters. The maximum Gasteiger partial charge on any atom is 0.185 e. The molecule has 0 saturated carbocycles. The topological polar surface area (TPSA) is 60.8 Å². The fourth-order valence-corrected chi connectivity index (χ4v) is 1.86. The molecule has 2 aromatic rings. The summed E-state index contributed by atoms with van der Waals surface area (Å²) < 4.78 is 0. The number of nitrogens with zero attached hydrogens (tertiary/aromatic N) is 1. The van der Waals surface area contributed by atoms with Gasteiger partial charge in [0.05, 0.1) is 0 Å². The predicted molar refractivity (Wildman–Crippen MR) is 83.9 cm³/mol. The van der Waals surface area contributed by atoms with Gasteiger partial charge in [-0.1, -0.05) is 0 Å². The van der Waals surface area contributed by atoms with Gasteiger partial charge in [0.1, 0.15) is 11.5 Å². The molecule has 0 heterocycles. The van der Waals surface area contributed by atoms with E-state index in [1.54, 1.807) is 12.1 Å². The third-order valence-electron chi connectivity index (χ3n) is 3.09. The Hall–Kier alpha value is -2.75. The quantitative estimate of drug-likeness (QED) is 0.514. The zero-order chi connectivity index (χ0) is 15.4. The molecule has 0 aliphatic rings. The molecule has 4 heteroatoms. The first-order valence-electron chi connectivity index (χ1n) is 6.49. The number of carbonyl (C=O) groups is 1. The van der Waals surface area contributed by atoms with Crippen LogP contribution < -0.4 is 4.90 Å². The fraction of sp³-hybridized carbons (Fsp3) is 0.118. The molecular weight excluding hydrogens is 266 g/mol. The van der Waals surface area contributed by atoms with Crippen LogP contribution in [0.5, 0.6) is 11.5 Å². The van der Waals surface area contributed by atoms with Gasteiger partial charge in [-0.25, -0.2) is 0 Å². The first-order chi connectivity index (χ1) is 9.97. The second-order valence-corrected chi connectivity index (χ2v) is 4.88. The van der Waals surface area contributed by atoms with Crippen LogP contribution in [0.15, 0.2) is 48.5 Å². The standard InChI is InChI=1S/C17H17NO3/c1-18(2)14-6-3-12(4-7-14)16(20)9-5-13-11-15(19)8-10-17(13)21/h3-11,19,21H,1-2H3/b9-5+. The number of phenols is 2. The Balaban J connectivity index is 2.17. The lowest BCUT2D eigenvalue weighted by atomic mass is 10.1. The Bertz CT molecular complexity index is 673. The third kappa shape index (κ3) is 3.63. The Morgan fingerprint density at radius 1 is 1.05 bits per heavy atom. The van der Waals surface area contributed by atoms with Crippen LogP contribution in [0.3, 0.4) is 0 Å². The van der Waals surface area contributed by atoms with Gasteiger partial charge in [0.25, 0.3) is 0 Å². The summed E-state index contributed by atoms with van der Waals surface area (Å²) in [6.45, 7) is 0. The van der Waals surface area contributed by atoms with Crippen molar-refractivity contribution >= 4 is 17.5 Å². The van der Waals surface area contributed by atoms with Crippen LogP contribution >= 0.6 is 0 Å². The molecule has 0 aliphatic heterocycles.